The van der Waals surface area contributed by atoms with Crippen molar-refractivity contribution in [1.82, 2.24) is 5.32 Å². The van der Waals surface area contributed by atoms with Gasteiger partial charge in [-0.1, -0.05) is 18.2 Å². The van der Waals surface area contributed by atoms with Crippen LogP contribution in [-0.2, 0) is 19.1 Å². The van der Waals surface area contributed by atoms with Crippen molar-refractivity contribution in [3.63, 3.8) is 0 Å². The summed E-state index contributed by atoms with van der Waals surface area (Å²) in [6.45, 7) is 3.93. The molecule has 1 N–H and O–H groups in total. The van der Waals surface area contributed by atoms with E-state index in [2.05, 4.69) is 15.3 Å². The number of hydrogen-bond donors (Lipinski definition) is 1. The van der Waals surface area contributed by atoms with E-state index in [1.54, 1.807) is 13.8 Å². The molecule has 3 atom stereocenters. The second kappa shape index (κ2) is 8.80. The maximum atomic E-state index is 12.0. The summed E-state index contributed by atoms with van der Waals surface area (Å²) in [4.78, 5) is 32.3. The first-order valence-corrected chi connectivity index (χ1v) is 8.51. The lowest BCUT2D eigenvalue weighted by molar-refractivity contribution is -0.144. The molecule has 0 radical (unpaired) electrons. The third-order valence-corrected chi connectivity index (χ3v) is 4.09. The standard InChI is InChI=1S/C17H22ClN3O4/c1-4-25-13(22)9-11-5-7-12(8-6-11)20-15-14(16(23)24-3)10(2)19-17(18)21-15/h5-7,10,12,14H,4,8-9H2,1-3H3,(H,19,20,21). The van der Waals surface area contributed by atoms with Gasteiger partial charge in [-0.2, -0.15) is 0 Å². The number of amidine groups is 2. The number of esters is 2. The van der Waals surface area contributed by atoms with Crippen LogP contribution >= 0.6 is 11.6 Å². The van der Waals surface area contributed by atoms with E-state index in [1.807, 2.05) is 18.2 Å². The fourth-order valence-electron chi connectivity index (χ4n) is 2.68. The molecule has 0 saturated heterocycles. The van der Waals surface area contributed by atoms with Gasteiger partial charge < -0.3 is 14.8 Å². The van der Waals surface area contributed by atoms with E-state index in [1.165, 1.54) is 7.11 Å². The van der Waals surface area contributed by atoms with Gasteiger partial charge in [0.25, 0.3) is 0 Å². The summed E-state index contributed by atoms with van der Waals surface area (Å²) in [5.74, 6) is -0.841. The van der Waals surface area contributed by atoms with Crippen LogP contribution in [0.4, 0.5) is 0 Å². The van der Waals surface area contributed by atoms with Gasteiger partial charge in [0.15, 0.2) is 5.29 Å². The lowest BCUT2D eigenvalue weighted by Gasteiger charge is -2.27. The van der Waals surface area contributed by atoms with E-state index < -0.39 is 11.9 Å². The molecule has 25 heavy (non-hydrogen) atoms. The Morgan fingerprint density at radius 1 is 1.48 bits per heavy atom. The van der Waals surface area contributed by atoms with Crippen molar-refractivity contribution in [3.8, 4) is 0 Å². The molecule has 0 spiro atoms. The van der Waals surface area contributed by atoms with E-state index in [-0.39, 0.29) is 29.8 Å². The Bertz CT molecular complexity index is 654. The Hall–Kier alpha value is -2.15. The lowest BCUT2D eigenvalue weighted by Crippen LogP contribution is -2.47. The van der Waals surface area contributed by atoms with E-state index in [0.29, 0.717) is 18.9 Å². The van der Waals surface area contributed by atoms with Crippen molar-refractivity contribution in [2.45, 2.75) is 38.8 Å². The number of ether oxygens (including phenoxy) is 2. The average molecular weight is 368 g/mol. The van der Waals surface area contributed by atoms with Gasteiger partial charge in [0, 0.05) is 0 Å². The number of nitrogens with one attached hydrogen (secondary N) is 1. The first-order chi connectivity index (χ1) is 11.9. The summed E-state index contributed by atoms with van der Waals surface area (Å²) < 4.78 is 9.78. The van der Waals surface area contributed by atoms with Crippen molar-refractivity contribution < 1.29 is 19.1 Å². The van der Waals surface area contributed by atoms with Gasteiger partial charge in [-0.15, -0.1) is 0 Å². The van der Waals surface area contributed by atoms with Crippen LogP contribution in [0, 0.1) is 5.92 Å². The van der Waals surface area contributed by atoms with Crippen LogP contribution in [0.3, 0.4) is 0 Å². The Kier molecular flexibility index (Phi) is 6.75. The highest BCUT2D eigenvalue weighted by atomic mass is 35.5. The molecule has 2 rings (SSSR count). The number of allylic oxidation sites excluding steroid dienone is 1. The summed E-state index contributed by atoms with van der Waals surface area (Å²) in [7, 11) is 1.33. The molecule has 136 valence electrons. The van der Waals surface area contributed by atoms with Crippen LogP contribution in [0.15, 0.2) is 33.8 Å². The second-order valence-electron chi connectivity index (χ2n) is 5.72. The van der Waals surface area contributed by atoms with Gasteiger partial charge in [0.2, 0.25) is 0 Å². The first-order valence-electron chi connectivity index (χ1n) is 8.13. The molecule has 0 saturated carbocycles. The van der Waals surface area contributed by atoms with Crippen LogP contribution in [0.5, 0.6) is 0 Å². The smallest absolute Gasteiger partial charge is 0.318 e. The van der Waals surface area contributed by atoms with Crippen LogP contribution in [0.2, 0.25) is 0 Å². The maximum Gasteiger partial charge on any atom is 0.318 e. The minimum absolute atomic E-state index is 0.157. The number of methoxy groups -OCH3 is 1. The van der Waals surface area contributed by atoms with Crippen molar-refractivity contribution in [1.29, 1.82) is 0 Å². The molecule has 3 unspecified atom stereocenters. The minimum Gasteiger partial charge on any atom is -0.468 e. The monoisotopic (exact) mass is 367 g/mol. The lowest BCUT2D eigenvalue weighted by atomic mass is 9.97. The number of carbonyl (C=O) groups is 2. The molecular weight excluding hydrogens is 346 g/mol. The Morgan fingerprint density at radius 3 is 2.84 bits per heavy atom. The molecule has 2 aliphatic rings. The number of rotatable bonds is 5. The third-order valence-electron chi connectivity index (χ3n) is 3.89. The molecule has 1 aliphatic heterocycles. The molecule has 1 aliphatic carbocycles. The maximum absolute atomic E-state index is 12.0. The van der Waals surface area contributed by atoms with Gasteiger partial charge in [0.05, 0.1) is 32.2 Å². The molecule has 0 aromatic heterocycles. The summed E-state index contributed by atoms with van der Waals surface area (Å²) in [6.07, 6.45) is 6.55. The summed E-state index contributed by atoms with van der Waals surface area (Å²) in [5, 5.41) is 3.05. The summed E-state index contributed by atoms with van der Waals surface area (Å²) in [5.41, 5.74) is 0.893. The average Bonchev–Trinajstić information content (AvgIpc) is 2.56. The predicted octanol–water partition coefficient (Wildman–Crippen LogP) is 1.97. The Labute approximate surface area is 151 Å². The van der Waals surface area contributed by atoms with Crippen molar-refractivity contribution in [3.05, 3.63) is 23.8 Å². The summed E-state index contributed by atoms with van der Waals surface area (Å²) >= 11 is 5.97. The normalized spacial score (nSPS) is 27.2. The zero-order valence-electron chi connectivity index (χ0n) is 14.5. The van der Waals surface area contributed by atoms with Crippen LogP contribution < -0.4 is 5.32 Å². The number of nitrogens with zero attached hydrogens (tertiary/aromatic N) is 2. The van der Waals surface area contributed by atoms with Crippen molar-refractivity contribution in [2.24, 2.45) is 15.9 Å². The first kappa shape index (κ1) is 19.2. The van der Waals surface area contributed by atoms with E-state index >= 15 is 0 Å². The second-order valence-corrected chi connectivity index (χ2v) is 6.08. The van der Waals surface area contributed by atoms with Crippen LogP contribution in [0.1, 0.15) is 26.7 Å². The zero-order chi connectivity index (χ0) is 18.4. The highest BCUT2D eigenvalue weighted by Gasteiger charge is 2.35. The van der Waals surface area contributed by atoms with Gasteiger partial charge in [0.1, 0.15) is 11.8 Å². The number of hydrogen-bond acceptors (Lipinski definition) is 6. The van der Waals surface area contributed by atoms with Gasteiger partial charge in [-0.05, 0) is 37.4 Å². The molecule has 0 amide bonds. The van der Waals surface area contributed by atoms with Crippen molar-refractivity contribution in [2.75, 3.05) is 13.7 Å². The summed E-state index contributed by atoms with van der Waals surface area (Å²) in [6, 6.07) is -0.516. The van der Waals surface area contributed by atoms with Crippen LogP contribution in [-0.4, -0.2) is 48.9 Å². The molecular formula is C17H22ClN3O4. The van der Waals surface area contributed by atoms with Gasteiger partial charge >= 0.3 is 11.9 Å². The Balaban J connectivity index is 2.08. The number of halogens is 1. The molecule has 0 aromatic carbocycles. The molecule has 0 aromatic rings. The number of aliphatic imine (C=N–C) groups is 2. The highest BCUT2D eigenvalue weighted by Crippen LogP contribution is 2.21. The minimum atomic E-state index is -0.620. The fraction of sp³-hybridized carbons (Fsp3) is 0.529. The van der Waals surface area contributed by atoms with Gasteiger partial charge in [-0.3, -0.25) is 19.6 Å². The quantitative estimate of drug-likeness (QED) is 0.592. The largest absolute Gasteiger partial charge is 0.468 e. The predicted molar refractivity (Wildman–Crippen MR) is 95.7 cm³/mol. The molecule has 7 nitrogen and oxygen atoms in total. The Morgan fingerprint density at radius 2 is 2.24 bits per heavy atom. The topological polar surface area (TPSA) is 89.4 Å². The van der Waals surface area contributed by atoms with Gasteiger partial charge in [-0.25, -0.2) is 0 Å². The van der Waals surface area contributed by atoms with E-state index in [4.69, 9.17) is 21.1 Å². The number of carbonyl (C=O) groups excluding carboxylic acids is 2. The molecule has 1 heterocycles. The van der Waals surface area contributed by atoms with E-state index in [0.717, 1.165) is 5.57 Å². The van der Waals surface area contributed by atoms with Crippen molar-refractivity contribution >= 4 is 34.7 Å². The molecule has 0 fully saturated rings. The molecule has 8 heteroatoms. The zero-order valence-corrected chi connectivity index (χ0v) is 15.2. The highest BCUT2D eigenvalue weighted by molar-refractivity contribution is 6.66. The molecule has 0 bridgehead atoms. The SMILES string of the molecule is CCOC(=O)CC1=CCC(N=C2NC(Cl)=NC(C)C2C(=O)OC)C=C1. The fourth-order valence-corrected chi connectivity index (χ4v) is 2.93. The van der Waals surface area contributed by atoms with E-state index in [9.17, 15) is 9.59 Å². The van der Waals surface area contributed by atoms with Crippen LogP contribution in [0.25, 0.3) is 0 Å². The third kappa shape index (κ3) is 5.16.